The second-order valence-corrected chi connectivity index (χ2v) is 2.97. The number of amides is 1. The van der Waals surface area contributed by atoms with Crippen molar-refractivity contribution in [2.45, 2.75) is 13.0 Å². The van der Waals surface area contributed by atoms with Crippen molar-refractivity contribution in [2.24, 2.45) is 0 Å². The van der Waals surface area contributed by atoms with Crippen LogP contribution in [0.1, 0.15) is 17.4 Å². The third-order valence-corrected chi connectivity index (χ3v) is 1.77. The van der Waals surface area contributed by atoms with Crippen LogP contribution < -0.4 is 11.1 Å². The van der Waals surface area contributed by atoms with Gasteiger partial charge >= 0.3 is 5.97 Å². The fourth-order valence-electron chi connectivity index (χ4n) is 0.934. The highest BCUT2D eigenvalue weighted by Gasteiger charge is 2.17. The minimum atomic E-state index is -1.11. The maximum Gasteiger partial charge on any atom is 0.325 e. The van der Waals surface area contributed by atoms with Crippen molar-refractivity contribution in [3.8, 4) is 0 Å². The van der Waals surface area contributed by atoms with E-state index in [2.05, 4.69) is 10.3 Å². The van der Waals surface area contributed by atoms with Gasteiger partial charge in [0.15, 0.2) is 5.69 Å². The van der Waals surface area contributed by atoms with Crippen molar-refractivity contribution >= 4 is 17.6 Å². The topological polar surface area (TPSA) is 105 Å². The summed E-state index contributed by atoms with van der Waals surface area (Å²) in [4.78, 5) is 25.7. The molecule has 0 aromatic carbocycles. The maximum atomic E-state index is 11.5. The Balaban J connectivity index is 2.78. The number of aromatic nitrogens is 1. The summed E-state index contributed by atoms with van der Waals surface area (Å²) in [6.45, 7) is 1.36. The molecule has 1 heterocycles. The van der Waals surface area contributed by atoms with E-state index in [1.165, 1.54) is 19.2 Å². The molecule has 0 spiro atoms. The van der Waals surface area contributed by atoms with Crippen molar-refractivity contribution in [1.82, 2.24) is 10.3 Å². The number of carbonyl (C=O) groups excluding carboxylic acids is 1. The lowest BCUT2D eigenvalue weighted by molar-refractivity contribution is -0.138. The van der Waals surface area contributed by atoms with Crippen molar-refractivity contribution in [1.29, 1.82) is 0 Å². The molecule has 1 amide bonds. The Bertz CT molecular complexity index is 392. The molecule has 6 heteroatoms. The minimum Gasteiger partial charge on any atom is -0.480 e. The van der Waals surface area contributed by atoms with Crippen molar-refractivity contribution in [3.05, 3.63) is 24.0 Å². The van der Waals surface area contributed by atoms with Crippen LogP contribution in [0.5, 0.6) is 0 Å². The highest BCUT2D eigenvalue weighted by atomic mass is 16.4. The standard InChI is InChI=1S/C9H11N3O3/c1-5(9(14)15)12-8(13)7-6(10)3-2-4-11-7/h2-5H,10H2,1H3,(H,12,13)(H,14,15)/t5-/m1/s1. The molecule has 1 rings (SSSR count). The minimum absolute atomic E-state index is 0.0330. The van der Waals surface area contributed by atoms with Gasteiger partial charge in [0, 0.05) is 6.20 Å². The molecule has 1 aromatic heterocycles. The Labute approximate surface area is 86.1 Å². The van der Waals surface area contributed by atoms with E-state index >= 15 is 0 Å². The number of hydrogen-bond acceptors (Lipinski definition) is 4. The first-order valence-corrected chi connectivity index (χ1v) is 4.26. The molecule has 0 fully saturated rings. The van der Waals surface area contributed by atoms with Crippen LogP contribution in [-0.4, -0.2) is 28.0 Å². The third kappa shape index (κ3) is 2.67. The zero-order valence-corrected chi connectivity index (χ0v) is 8.10. The molecular weight excluding hydrogens is 198 g/mol. The normalized spacial score (nSPS) is 11.8. The number of carbonyl (C=O) groups is 2. The highest BCUT2D eigenvalue weighted by Crippen LogP contribution is 2.06. The number of carboxylic acid groups (broad SMARTS) is 1. The number of nitrogen functional groups attached to an aromatic ring is 1. The van der Waals surface area contributed by atoms with E-state index in [4.69, 9.17) is 10.8 Å². The number of pyridine rings is 1. The van der Waals surface area contributed by atoms with Gasteiger partial charge in [0.1, 0.15) is 6.04 Å². The Morgan fingerprint density at radius 1 is 1.60 bits per heavy atom. The van der Waals surface area contributed by atoms with Crippen LogP contribution in [0.2, 0.25) is 0 Å². The van der Waals surface area contributed by atoms with E-state index in [-0.39, 0.29) is 11.4 Å². The van der Waals surface area contributed by atoms with Crippen LogP contribution in [0.3, 0.4) is 0 Å². The summed E-state index contributed by atoms with van der Waals surface area (Å²) in [5.41, 5.74) is 5.75. The van der Waals surface area contributed by atoms with E-state index in [0.717, 1.165) is 0 Å². The predicted molar refractivity (Wildman–Crippen MR) is 53.2 cm³/mol. The van der Waals surface area contributed by atoms with Crippen molar-refractivity contribution < 1.29 is 14.7 Å². The number of nitrogens with two attached hydrogens (primary N) is 1. The fourth-order valence-corrected chi connectivity index (χ4v) is 0.934. The molecule has 0 aliphatic rings. The largest absolute Gasteiger partial charge is 0.480 e. The maximum absolute atomic E-state index is 11.5. The van der Waals surface area contributed by atoms with Crippen LogP contribution in [-0.2, 0) is 4.79 Å². The van der Waals surface area contributed by atoms with Gasteiger partial charge in [-0.25, -0.2) is 4.98 Å². The molecular formula is C9H11N3O3. The van der Waals surface area contributed by atoms with Gasteiger partial charge in [0.2, 0.25) is 0 Å². The number of nitrogens with one attached hydrogen (secondary N) is 1. The first kappa shape index (κ1) is 11.0. The predicted octanol–water partition coefficient (Wildman–Crippen LogP) is -0.133. The summed E-state index contributed by atoms with van der Waals surface area (Å²) in [6, 6.07) is 2.14. The monoisotopic (exact) mass is 209 g/mol. The highest BCUT2D eigenvalue weighted by molar-refractivity contribution is 5.98. The lowest BCUT2D eigenvalue weighted by Gasteiger charge is -2.09. The van der Waals surface area contributed by atoms with E-state index in [1.54, 1.807) is 6.07 Å². The Morgan fingerprint density at radius 3 is 2.80 bits per heavy atom. The molecule has 6 nitrogen and oxygen atoms in total. The summed E-state index contributed by atoms with van der Waals surface area (Å²) in [5, 5.41) is 10.8. The molecule has 0 saturated heterocycles. The van der Waals surface area contributed by atoms with Gasteiger partial charge in [-0.1, -0.05) is 0 Å². The second kappa shape index (κ2) is 4.41. The van der Waals surface area contributed by atoms with Gasteiger partial charge in [-0.3, -0.25) is 9.59 Å². The summed E-state index contributed by atoms with van der Waals surface area (Å²) in [6.07, 6.45) is 1.41. The van der Waals surface area contributed by atoms with Crippen molar-refractivity contribution in [3.63, 3.8) is 0 Å². The Morgan fingerprint density at radius 2 is 2.27 bits per heavy atom. The molecule has 15 heavy (non-hydrogen) atoms. The molecule has 1 atom stereocenters. The molecule has 0 bridgehead atoms. The molecule has 1 aromatic rings. The quantitative estimate of drug-likeness (QED) is 0.642. The molecule has 0 saturated carbocycles. The molecule has 0 aliphatic carbocycles. The number of nitrogens with zero attached hydrogens (tertiary/aromatic N) is 1. The van der Waals surface area contributed by atoms with Gasteiger partial charge in [0.25, 0.3) is 5.91 Å². The SMILES string of the molecule is C[C@@H](NC(=O)c1ncccc1N)C(=O)O. The zero-order chi connectivity index (χ0) is 11.4. The van der Waals surface area contributed by atoms with Gasteiger partial charge < -0.3 is 16.2 Å². The van der Waals surface area contributed by atoms with E-state index in [0.29, 0.717) is 0 Å². The molecule has 4 N–H and O–H groups in total. The van der Waals surface area contributed by atoms with E-state index < -0.39 is 17.9 Å². The molecule has 0 unspecified atom stereocenters. The third-order valence-electron chi connectivity index (χ3n) is 1.77. The average Bonchev–Trinajstić information content (AvgIpc) is 2.18. The van der Waals surface area contributed by atoms with E-state index in [9.17, 15) is 9.59 Å². The molecule has 0 aliphatic heterocycles. The van der Waals surface area contributed by atoms with Gasteiger partial charge in [-0.15, -0.1) is 0 Å². The first-order chi connectivity index (χ1) is 7.02. The lowest BCUT2D eigenvalue weighted by atomic mass is 10.2. The van der Waals surface area contributed by atoms with Crippen LogP contribution in [0.25, 0.3) is 0 Å². The lowest BCUT2D eigenvalue weighted by Crippen LogP contribution is -2.38. The van der Waals surface area contributed by atoms with Crippen LogP contribution >= 0.6 is 0 Å². The van der Waals surface area contributed by atoms with Crippen LogP contribution in [0.4, 0.5) is 5.69 Å². The van der Waals surface area contributed by atoms with Gasteiger partial charge in [-0.05, 0) is 19.1 Å². The molecule has 0 radical (unpaired) electrons. The number of hydrogen-bond donors (Lipinski definition) is 3. The second-order valence-electron chi connectivity index (χ2n) is 2.97. The van der Waals surface area contributed by atoms with Crippen LogP contribution in [0, 0.1) is 0 Å². The van der Waals surface area contributed by atoms with Gasteiger partial charge in [0.05, 0.1) is 5.69 Å². The van der Waals surface area contributed by atoms with Crippen LogP contribution in [0.15, 0.2) is 18.3 Å². The summed E-state index contributed by atoms with van der Waals surface area (Å²) >= 11 is 0. The first-order valence-electron chi connectivity index (χ1n) is 4.26. The summed E-state index contributed by atoms with van der Waals surface area (Å²) in [7, 11) is 0. The Kier molecular flexibility index (Phi) is 3.22. The smallest absolute Gasteiger partial charge is 0.325 e. The number of rotatable bonds is 3. The summed E-state index contributed by atoms with van der Waals surface area (Å²) < 4.78 is 0. The van der Waals surface area contributed by atoms with E-state index in [1.807, 2.05) is 0 Å². The average molecular weight is 209 g/mol. The number of aliphatic carboxylic acids is 1. The Hall–Kier alpha value is -2.11. The number of carboxylic acids is 1. The van der Waals surface area contributed by atoms with Gasteiger partial charge in [-0.2, -0.15) is 0 Å². The zero-order valence-electron chi connectivity index (χ0n) is 8.10. The molecule has 80 valence electrons. The fraction of sp³-hybridized carbons (Fsp3) is 0.222. The van der Waals surface area contributed by atoms with Crippen molar-refractivity contribution in [2.75, 3.05) is 5.73 Å². The number of anilines is 1. The summed E-state index contributed by atoms with van der Waals surface area (Å²) in [5.74, 6) is -1.71.